The van der Waals surface area contributed by atoms with Gasteiger partial charge >= 0.3 is 0 Å². The number of halogens is 2. The van der Waals surface area contributed by atoms with Gasteiger partial charge in [0.15, 0.2) is 0 Å². The van der Waals surface area contributed by atoms with Crippen LogP contribution in [0.3, 0.4) is 0 Å². The highest BCUT2D eigenvalue weighted by Crippen LogP contribution is 2.41. The zero-order valence-corrected chi connectivity index (χ0v) is 34.5. The first-order chi connectivity index (χ1) is 27.2. The second-order valence-electron chi connectivity index (χ2n) is 16.1. The summed E-state index contributed by atoms with van der Waals surface area (Å²) in [5.74, 6) is -1.35. The number of methoxy groups -OCH3 is 1. The van der Waals surface area contributed by atoms with E-state index in [-0.39, 0.29) is 25.0 Å². The van der Waals surface area contributed by atoms with Gasteiger partial charge in [0.2, 0.25) is 5.91 Å². The molecule has 2 aromatic carbocycles. The van der Waals surface area contributed by atoms with Gasteiger partial charge in [-0.1, -0.05) is 58.0 Å². The predicted octanol–water partition coefficient (Wildman–Crippen LogP) is 7.17. The average Bonchev–Trinajstić information content (AvgIpc) is 3.50. The number of pyridine rings is 1. The lowest BCUT2D eigenvalue weighted by molar-refractivity contribution is -0.143. The Morgan fingerprint density at radius 2 is 1.82 bits per heavy atom. The zero-order chi connectivity index (χ0) is 41.4. The molecule has 1 aliphatic rings. The molecule has 3 atom stereocenters. The minimum absolute atomic E-state index is 0.163. The smallest absolute Gasteiger partial charge is 0.295 e. The summed E-state index contributed by atoms with van der Waals surface area (Å²) in [4.78, 5) is 44.4. The van der Waals surface area contributed by atoms with Crippen LogP contribution in [0.5, 0.6) is 0 Å². The van der Waals surface area contributed by atoms with Crippen molar-refractivity contribution in [3.8, 4) is 22.4 Å². The molecule has 0 radical (unpaired) electrons. The maximum atomic E-state index is 14.0. The van der Waals surface area contributed by atoms with Gasteiger partial charge in [-0.05, 0) is 92.6 Å². The Morgan fingerprint density at radius 1 is 1.07 bits per heavy atom. The normalized spacial score (nSPS) is 15.3. The maximum absolute atomic E-state index is 14.0. The van der Waals surface area contributed by atoms with Crippen molar-refractivity contribution in [2.24, 2.45) is 11.3 Å². The summed E-state index contributed by atoms with van der Waals surface area (Å²) >= 11 is 0. The quantitative estimate of drug-likeness (QED) is 0.0806. The van der Waals surface area contributed by atoms with Gasteiger partial charge in [0.25, 0.3) is 18.9 Å². The van der Waals surface area contributed by atoms with E-state index in [1.807, 2.05) is 37.3 Å². The SMILES string of the molecule is CCn1c(-c2cccnc2C(C)OC)c(CC(C)(C)COC=O)c2cc(-c3cccc(CC(NC(=O)C(C(C)C)N(C)C(F)F)C(=O)N4CCCCN4)c3)ccc21. The molecule has 57 heavy (non-hydrogen) atoms. The molecule has 0 saturated carbocycles. The molecule has 0 bridgehead atoms. The molecule has 13 heteroatoms. The second-order valence-corrected chi connectivity index (χ2v) is 16.1. The van der Waals surface area contributed by atoms with Crippen LogP contribution in [0.2, 0.25) is 0 Å². The summed E-state index contributed by atoms with van der Waals surface area (Å²) < 4.78 is 41.0. The lowest BCUT2D eigenvalue weighted by Crippen LogP contribution is -2.59. The van der Waals surface area contributed by atoms with Gasteiger partial charge in [-0.2, -0.15) is 8.78 Å². The molecule has 1 saturated heterocycles. The van der Waals surface area contributed by atoms with Crippen molar-refractivity contribution in [3.63, 3.8) is 0 Å². The van der Waals surface area contributed by atoms with Crippen LogP contribution in [0, 0.1) is 11.3 Å². The van der Waals surface area contributed by atoms with E-state index in [2.05, 4.69) is 60.3 Å². The van der Waals surface area contributed by atoms with Crippen LogP contribution in [-0.2, 0) is 43.2 Å². The van der Waals surface area contributed by atoms with Gasteiger partial charge in [0, 0.05) is 61.2 Å². The van der Waals surface area contributed by atoms with E-state index in [4.69, 9.17) is 14.5 Å². The lowest BCUT2D eigenvalue weighted by atomic mass is 9.84. The van der Waals surface area contributed by atoms with Crippen molar-refractivity contribution < 1.29 is 32.6 Å². The first kappa shape index (κ1) is 43.4. The molecule has 0 aliphatic carbocycles. The molecule has 308 valence electrons. The topological polar surface area (TPSA) is 118 Å². The van der Waals surface area contributed by atoms with Crippen LogP contribution in [0.25, 0.3) is 33.3 Å². The zero-order valence-electron chi connectivity index (χ0n) is 34.5. The highest BCUT2D eigenvalue weighted by molar-refractivity contribution is 5.95. The number of hydrogen-bond donors (Lipinski definition) is 2. The Hall–Kier alpha value is -4.72. The van der Waals surface area contributed by atoms with E-state index in [0.717, 1.165) is 67.8 Å². The molecule has 1 aliphatic heterocycles. The minimum Gasteiger partial charge on any atom is -0.467 e. The number of hydrogen-bond acceptors (Lipinski definition) is 8. The fraction of sp³-hybridized carbons (Fsp3) is 0.500. The number of carbonyl (C=O) groups excluding carboxylic acids is 3. The summed E-state index contributed by atoms with van der Waals surface area (Å²) in [6.07, 6.45) is 4.03. The van der Waals surface area contributed by atoms with Gasteiger partial charge in [-0.3, -0.25) is 24.4 Å². The van der Waals surface area contributed by atoms with Gasteiger partial charge in [-0.15, -0.1) is 0 Å². The molecule has 2 amide bonds. The number of amides is 2. The second kappa shape index (κ2) is 19.1. The number of nitrogens with zero attached hydrogens (tertiary/aromatic N) is 4. The minimum atomic E-state index is -2.84. The standard InChI is InChI=1S/C44H58F2N6O5/c1-9-51-37-18-17-32(24-34(37)35(25-44(5,6)26-57-27-53)40(51)33-16-13-19-47-38(33)29(4)56-8)31-15-12-14-30(22-31)23-36(42(55)52-21-11-10-20-48-52)49-41(54)39(28(2)3)50(7)43(45)46/h12-19,22,24,27-29,36,39,43,48H,9-11,20-21,23,25-26H2,1-8H3,(H,49,54). The van der Waals surface area contributed by atoms with Gasteiger partial charge in [-0.25, -0.2) is 10.3 Å². The molecule has 4 aromatic rings. The Bertz CT molecular complexity index is 2010. The molecule has 11 nitrogen and oxygen atoms in total. The number of fused-ring (bicyclic) bond motifs is 1. The highest BCUT2D eigenvalue weighted by atomic mass is 19.3. The summed E-state index contributed by atoms with van der Waals surface area (Å²) in [5.41, 5.74) is 10.4. The monoisotopic (exact) mass is 788 g/mol. The molecule has 3 unspecified atom stereocenters. The molecule has 5 rings (SSSR count). The van der Waals surface area contributed by atoms with E-state index in [9.17, 15) is 23.2 Å². The number of aryl methyl sites for hydroxylation is 1. The predicted molar refractivity (Wildman–Crippen MR) is 218 cm³/mol. The van der Waals surface area contributed by atoms with Crippen LogP contribution < -0.4 is 10.7 Å². The van der Waals surface area contributed by atoms with Crippen molar-refractivity contribution in [2.45, 2.75) is 98.5 Å². The van der Waals surface area contributed by atoms with Crippen molar-refractivity contribution in [3.05, 3.63) is 77.6 Å². The maximum Gasteiger partial charge on any atom is 0.295 e. The molecule has 3 heterocycles. The number of alkyl halides is 2. The number of benzene rings is 2. The summed E-state index contributed by atoms with van der Waals surface area (Å²) in [6, 6.07) is 16.1. The van der Waals surface area contributed by atoms with E-state index < -0.39 is 35.9 Å². The summed E-state index contributed by atoms with van der Waals surface area (Å²) in [7, 11) is 2.89. The van der Waals surface area contributed by atoms with Crippen molar-refractivity contribution in [1.29, 1.82) is 0 Å². The highest BCUT2D eigenvalue weighted by Gasteiger charge is 2.35. The van der Waals surface area contributed by atoms with E-state index >= 15 is 0 Å². The fourth-order valence-corrected chi connectivity index (χ4v) is 7.98. The summed E-state index contributed by atoms with van der Waals surface area (Å²) in [5, 5.41) is 5.45. The van der Waals surface area contributed by atoms with Crippen molar-refractivity contribution in [1.82, 2.24) is 30.2 Å². The number of aromatic nitrogens is 2. The van der Waals surface area contributed by atoms with Crippen LogP contribution in [0.4, 0.5) is 8.78 Å². The number of hydrazine groups is 1. The Labute approximate surface area is 335 Å². The van der Waals surface area contributed by atoms with Gasteiger partial charge < -0.3 is 19.4 Å². The van der Waals surface area contributed by atoms with E-state index in [0.29, 0.717) is 32.5 Å². The third-order valence-corrected chi connectivity index (χ3v) is 10.9. The molecule has 2 aromatic heterocycles. The number of ether oxygens (including phenoxy) is 2. The summed E-state index contributed by atoms with van der Waals surface area (Å²) in [6.45, 7) is 11.4. The van der Waals surface area contributed by atoms with Crippen LogP contribution in [0.1, 0.15) is 77.3 Å². The van der Waals surface area contributed by atoms with E-state index in [1.165, 1.54) is 12.1 Å². The Kier molecular flexibility index (Phi) is 14.6. The molecule has 0 spiro atoms. The first-order valence-electron chi connectivity index (χ1n) is 19.8. The molecule has 1 fully saturated rings. The van der Waals surface area contributed by atoms with E-state index in [1.54, 1.807) is 27.2 Å². The first-order valence-corrected chi connectivity index (χ1v) is 19.8. The molecule has 2 N–H and O–H groups in total. The molecular formula is C44H58F2N6O5. The molecular weight excluding hydrogens is 731 g/mol. The fourth-order valence-electron chi connectivity index (χ4n) is 7.98. The number of likely N-dealkylation sites (N-methyl/N-ethyl adjacent to an activating group) is 1. The largest absolute Gasteiger partial charge is 0.467 e. The number of rotatable bonds is 18. The van der Waals surface area contributed by atoms with Gasteiger partial charge in [0.05, 0.1) is 30.1 Å². The number of nitrogens with one attached hydrogen (secondary N) is 2. The van der Waals surface area contributed by atoms with Crippen molar-refractivity contribution in [2.75, 3.05) is 33.9 Å². The van der Waals surface area contributed by atoms with Crippen LogP contribution in [0.15, 0.2) is 60.8 Å². The lowest BCUT2D eigenvalue weighted by Gasteiger charge is -2.34. The Balaban J connectivity index is 1.59. The van der Waals surface area contributed by atoms with Crippen molar-refractivity contribution >= 4 is 29.2 Å². The average molecular weight is 789 g/mol. The van der Waals surface area contributed by atoms with Crippen LogP contribution in [-0.4, -0.2) is 90.2 Å². The third kappa shape index (κ3) is 10.1. The Morgan fingerprint density at radius 3 is 2.47 bits per heavy atom. The third-order valence-electron chi connectivity index (χ3n) is 10.9. The van der Waals surface area contributed by atoms with Crippen LogP contribution >= 0.6 is 0 Å². The van der Waals surface area contributed by atoms with Gasteiger partial charge in [0.1, 0.15) is 6.04 Å². The number of carbonyl (C=O) groups is 3.